The van der Waals surface area contributed by atoms with E-state index in [-0.39, 0.29) is 0 Å². The van der Waals surface area contributed by atoms with Crippen molar-refractivity contribution >= 4 is 56.2 Å². The van der Waals surface area contributed by atoms with E-state index in [1.54, 1.807) is 11.3 Å². The molecule has 0 unspecified atom stereocenters. The van der Waals surface area contributed by atoms with E-state index in [1.165, 1.54) is 4.88 Å². The molecule has 1 aromatic carbocycles. The van der Waals surface area contributed by atoms with Gasteiger partial charge in [0.25, 0.3) is 0 Å². The van der Waals surface area contributed by atoms with E-state index >= 15 is 0 Å². The van der Waals surface area contributed by atoms with Crippen LogP contribution in [0.1, 0.15) is 10.4 Å². The van der Waals surface area contributed by atoms with Crippen LogP contribution in [0, 0.1) is 6.92 Å². The average molecular weight is 351 g/mol. The third kappa shape index (κ3) is 3.38. The highest BCUT2D eigenvalue weighted by Gasteiger charge is 2.05. The molecule has 2 rings (SSSR count). The number of halogens is 3. The summed E-state index contributed by atoms with van der Waals surface area (Å²) in [6, 6.07) is 7.98. The second-order valence-corrected chi connectivity index (χ2v) is 6.67. The molecule has 1 nitrogen and oxygen atoms in total. The first-order valence-electron chi connectivity index (χ1n) is 5.00. The van der Waals surface area contributed by atoms with E-state index in [9.17, 15) is 0 Å². The van der Waals surface area contributed by atoms with Crippen molar-refractivity contribution in [1.29, 1.82) is 0 Å². The number of hydrogen-bond donors (Lipinski definition) is 1. The summed E-state index contributed by atoms with van der Waals surface area (Å²) in [7, 11) is 0. The molecule has 17 heavy (non-hydrogen) atoms. The molecule has 0 bridgehead atoms. The van der Waals surface area contributed by atoms with Crippen LogP contribution in [0.5, 0.6) is 0 Å². The number of thiophene rings is 1. The third-order valence-corrected chi connectivity index (χ3v) is 5.06. The van der Waals surface area contributed by atoms with Crippen molar-refractivity contribution in [1.82, 2.24) is 0 Å². The van der Waals surface area contributed by atoms with Crippen LogP contribution in [-0.4, -0.2) is 0 Å². The van der Waals surface area contributed by atoms with Crippen LogP contribution >= 0.6 is 50.5 Å². The molecule has 1 heterocycles. The summed E-state index contributed by atoms with van der Waals surface area (Å²) in [4.78, 5) is 1.17. The molecule has 0 saturated carbocycles. The Bertz CT molecular complexity index is 520. The fraction of sp³-hybridized carbons (Fsp3) is 0.167. The second kappa shape index (κ2) is 5.61. The SMILES string of the molecule is Cc1ccc(NCc2cc(Br)c(Cl)s2)c(Cl)c1. The summed E-state index contributed by atoms with van der Waals surface area (Å²) >= 11 is 17.1. The Morgan fingerprint density at radius 2 is 2.06 bits per heavy atom. The highest BCUT2D eigenvalue weighted by Crippen LogP contribution is 2.32. The minimum atomic E-state index is 0.721. The number of aryl methyl sites for hydroxylation is 1. The fourth-order valence-electron chi connectivity index (χ4n) is 1.42. The molecule has 0 radical (unpaired) electrons. The Balaban J connectivity index is 2.07. The second-order valence-electron chi connectivity index (χ2n) is 3.67. The zero-order chi connectivity index (χ0) is 12.4. The van der Waals surface area contributed by atoms with Crippen LogP contribution in [0.25, 0.3) is 0 Å². The van der Waals surface area contributed by atoms with E-state index in [0.29, 0.717) is 0 Å². The lowest BCUT2D eigenvalue weighted by Gasteiger charge is -2.07. The Morgan fingerprint density at radius 1 is 1.29 bits per heavy atom. The van der Waals surface area contributed by atoms with Crippen molar-refractivity contribution in [3.63, 3.8) is 0 Å². The highest BCUT2D eigenvalue weighted by molar-refractivity contribution is 9.10. The lowest BCUT2D eigenvalue weighted by molar-refractivity contribution is 1.19. The number of hydrogen-bond acceptors (Lipinski definition) is 2. The molecule has 1 aromatic heterocycles. The van der Waals surface area contributed by atoms with Gasteiger partial charge >= 0.3 is 0 Å². The van der Waals surface area contributed by atoms with Gasteiger partial charge in [-0.1, -0.05) is 29.3 Å². The maximum absolute atomic E-state index is 6.14. The smallest absolute Gasteiger partial charge is 0.107 e. The Hall–Kier alpha value is -0.220. The summed E-state index contributed by atoms with van der Waals surface area (Å²) in [6.07, 6.45) is 0. The molecule has 2 aromatic rings. The first-order valence-corrected chi connectivity index (χ1v) is 7.36. The van der Waals surface area contributed by atoms with Crippen LogP contribution in [-0.2, 0) is 6.54 Å². The third-order valence-electron chi connectivity index (χ3n) is 2.27. The first-order chi connectivity index (χ1) is 8.06. The molecular formula is C12H10BrCl2NS. The molecule has 0 amide bonds. The van der Waals surface area contributed by atoms with Gasteiger partial charge in [0.1, 0.15) is 4.34 Å². The molecule has 5 heteroatoms. The van der Waals surface area contributed by atoms with Crippen LogP contribution in [0.2, 0.25) is 9.36 Å². The zero-order valence-corrected chi connectivity index (χ0v) is 13.0. The predicted molar refractivity (Wildman–Crippen MR) is 80.5 cm³/mol. The molecule has 0 atom stereocenters. The molecule has 0 aliphatic heterocycles. The number of rotatable bonds is 3. The topological polar surface area (TPSA) is 12.0 Å². The van der Waals surface area contributed by atoms with Crippen molar-refractivity contribution in [2.45, 2.75) is 13.5 Å². The highest BCUT2D eigenvalue weighted by atomic mass is 79.9. The van der Waals surface area contributed by atoms with Crippen LogP contribution in [0.4, 0.5) is 5.69 Å². The Kier molecular flexibility index (Phi) is 4.36. The van der Waals surface area contributed by atoms with Gasteiger partial charge in [-0.25, -0.2) is 0 Å². The van der Waals surface area contributed by atoms with E-state index < -0.39 is 0 Å². The molecule has 0 aliphatic rings. The van der Waals surface area contributed by atoms with Gasteiger partial charge in [0.15, 0.2) is 0 Å². The molecule has 0 spiro atoms. The van der Waals surface area contributed by atoms with Crippen molar-refractivity contribution in [3.05, 3.63) is 48.5 Å². The summed E-state index contributed by atoms with van der Waals surface area (Å²) in [5, 5.41) is 4.04. The van der Waals surface area contributed by atoms with Gasteiger partial charge in [0.05, 0.1) is 10.7 Å². The van der Waals surface area contributed by atoms with Crippen molar-refractivity contribution in [3.8, 4) is 0 Å². The van der Waals surface area contributed by atoms with Crippen LogP contribution < -0.4 is 5.32 Å². The molecule has 0 aliphatic carbocycles. The molecular weight excluding hydrogens is 341 g/mol. The van der Waals surface area contributed by atoms with Gasteiger partial charge in [-0.3, -0.25) is 0 Å². The molecule has 90 valence electrons. The van der Waals surface area contributed by atoms with E-state index in [4.69, 9.17) is 23.2 Å². The van der Waals surface area contributed by atoms with Gasteiger partial charge in [0.2, 0.25) is 0 Å². The van der Waals surface area contributed by atoms with Gasteiger partial charge in [-0.15, -0.1) is 11.3 Å². The maximum atomic E-state index is 6.14. The van der Waals surface area contributed by atoms with Gasteiger partial charge in [0, 0.05) is 15.9 Å². The lowest BCUT2D eigenvalue weighted by atomic mass is 10.2. The van der Waals surface area contributed by atoms with E-state index in [1.807, 2.05) is 31.2 Å². The minimum absolute atomic E-state index is 0.721. The summed E-state index contributed by atoms with van der Waals surface area (Å²) in [5.74, 6) is 0. The lowest BCUT2D eigenvalue weighted by Crippen LogP contribution is -1.97. The van der Waals surface area contributed by atoms with Crippen LogP contribution in [0.15, 0.2) is 28.7 Å². The number of benzene rings is 1. The van der Waals surface area contributed by atoms with Crippen molar-refractivity contribution in [2.75, 3.05) is 5.32 Å². The number of anilines is 1. The van der Waals surface area contributed by atoms with E-state index in [2.05, 4.69) is 21.2 Å². The number of nitrogens with one attached hydrogen (secondary N) is 1. The monoisotopic (exact) mass is 349 g/mol. The predicted octanol–water partition coefficient (Wildman–Crippen LogP) is 5.74. The summed E-state index contributed by atoms with van der Waals surface area (Å²) in [6.45, 7) is 2.74. The maximum Gasteiger partial charge on any atom is 0.107 e. The Labute approximate surface area is 123 Å². The summed E-state index contributed by atoms with van der Waals surface area (Å²) < 4.78 is 1.72. The fourth-order valence-corrected chi connectivity index (χ4v) is 3.46. The summed E-state index contributed by atoms with van der Waals surface area (Å²) in [5.41, 5.74) is 2.10. The first kappa shape index (κ1) is 13.2. The van der Waals surface area contributed by atoms with Gasteiger partial charge < -0.3 is 5.32 Å². The largest absolute Gasteiger partial charge is 0.379 e. The average Bonchev–Trinajstić information content (AvgIpc) is 2.57. The molecule has 1 N–H and O–H groups in total. The normalized spacial score (nSPS) is 10.6. The Morgan fingerprint density at radius 3 is 2.65 bits per heavy atom. The quantitative estimate of drug-likeness (QED) is 0.744. The minimum Gasteiger partial charge on any atom is -0.379 e. The van der Waals surface area contributed by atoms with Gasteiger partial charge in [-0.2, -0.15) is 0 Å². The zero-order valence-electron chi connectivity index (χ0n) is 9.06. The molecule has 0 fully saturated rings. The molecule has 0 saturated heterocycles. The van der Waals surface area contributed by atoms with Crippen LogP contribution in [0.3, 0.4) is 0 Å². The van der Waals surface area contributed by atoms with Gasteiger partial charge in [-0.05, 0) is 46.6 Å². The standard InChI is InChI=1S/C12H10BrCl2NS/c1-7-2-3-11(10(14)4-7)16-6-8-5-9(13)12(15)17-8/h2-5,16H,6H2,1H3. The van der Waals surface area contributed by atoms with Crippen molar-refractivity contribution < 1.29 is 0 Å². The van der Waals surface area contributed by atoms with E-state index in [0.717, 1.165) is 31.6 Å². The van der Waals surface area contributed by atoms with Crippen molar-refractivity contribution in [2.24, 2.45) is 0 Å².